The van der Waals surface area contributed by atoms with Gasteiger partial charge in [0.05, 0.1) is 0 Å². The Morgan fingerprint density at radius 1 is 1.42 bits per heavy atom. The van der Waals surface area contributed by atoms with Gasteiger partial charge < -0.3 is 15.4 Å². The van der Waals surface area contributed by atoms with Crippen molar-refractivity contribution in [2.24, 2.45) is 5.73 Å². The minimum Gasteiger partial charge on any atom is -0.483 e. The molecule has 0 unspecified atom stereocenters. The van der Waals surface area contributed by atoms with Gasteiger partial charge in [-0.15, -0.1) is 0 Å². The molecule has 0 saturated carbocycles. The number of benzene rings is 1. The van der Waals surface area contributed by atoms with Crippen LogP contribution in [0.15, 0.2) is 18.2 Å². The van der Waals surface area contributed by atoms with Crippen molar-refractivity contribution in [3.8, 4) is 5.75 Å². The molecule has 1 aromatic carbocycles. The van der Waals surface area contributed by atoms with Gasteiger partial charge in [-0.1, -0.05) is 0 Å². The van der Waals surface area contributed by atoms with Gasteiger partial charge in [0, 0.05) is 24.7 Å². The van der Waals surface area contributed by atoms with Crippen molar-refractivity contribution in [1.29, 1.82) is 0 Å². The van der Waals surface area contributed by atoms with Gasteiger partial charge in [-0.3, -0.25) is 4.79 Å². The fraction of sp³-hybridized carbons (Fsp3) is 0.500. The van der Waals surface area contributed by atoms with E-state index in [0.717, 1.165) is 0 Å². The maximum atomic E-state index is 13.2. The molecule has 1 rings (SSSR count). The number of hydrogen-bond acceptors (Lipinski definition) is 3. The van der Waals surface area contributed by atoms with E-state index in [1.807, 2.05) is 13.8 Å². The first-order chi connectivity index (χ1) is 8.82. The molecule has 19 heavy (non-hydrogen) atoms. The normalized spacial score (nSPS) is 12.4. The lowest BCUT2D eigenvalue weighted by atomic mass is 10.1. The third-order valence-electron chi connectivity index (χ3n) is 2.98. The monoisotopic (exact) mass is 268 g/mol. The summed E-state index contributed by atoms with van der Waals surface area (Å²) in [5.41, 5.74) is 6.31. The first kappa shape index (κ1) is 15.4. The van der Waals surface area contributed by atoms with Crippen molar-refractivity contribution in [3.05, 3.63) is 29.6 Å². The van der Waals surface area contributed by atoms with E-state index in [9.17, 15) is 9.18 Å². The van der Waals surface area contributed by atoms with Crippen molar-refractivity contribution in [3.63, 3.8) is 0 Å². The summed E-state index contributed by atoms with van der Waals surface area (Å²) in [6.07, 6.45) is 0. The van der Waals surface area contributed by atoms with Crippen LogP contribution in [-0.4, -0.2) is 30.5 Å². The molecule has 0 spiro atoms. The molecule has 0 aliphatic heterocycles. The van der Waals surface area contributed by atoms with Crippen LogP contribution in [-0.2, 0) is 4.79 Å². The van der Waals surface area contributed by atoms with Crippen LogP contribution in [0.1, 0.15) is 32.4 Å². The topological polar surface area (TPSA) is 55.6 Å². The molecule has 0 fully saturated rings. The van der Waals surface area contributed by atoms with Crippen LogP contribution in [0.4, 0.5) is 4.39 Å². The highest BCUT2D eigenvalue weighted by Gasteiger charge is 2.15. The van der Waals surface area contributed by atoms with Crippen molar-refractivity contribution >= 4 is 5.91 Å². The highest BCUT2D eigenvalue weighted by atomic mass is 19.1. The number of carbonyl (C=O) groups is 1. The maximum absolute atomic E-state index is 13.2. The van der Waals surface area contributed by atoms with Crippen LogP contribution in [0.25, 0.3) is 0 Å². The summed E-state index contributed by atoms with van der Waals surface area (Å²) >= 11 is 0. The van der Waals surface area contributed by atoms with E-state index in [4.69, 9.17) is 10.5 Å². The second-order valence-corrected chi connectivity index (χ2v) is 4.86. The highest BCUT2D eigenvalue weighted by Crippen LogP contribution is 2.24. The quantitative estimate of drug-likeness (QED) is 0.889. The van der Waals surface area contributed by atoms with Crippen molar-refractivity contribution in [2.45, 2.75) is 32.9 Å². The van der Waals surface area contributed by atoms with E-state index in [2.05, 4.69) is 0 Å². The number of nitrogens with zero attached hydrogens (tertiary/aromatic N) is 1. The van der Waals surface area contributed by atoms with Crippen LogP contribution in [0.5, 0.6) is 5.75 Å². The summed E-state index contributed by atoms with van der Waals surface area (Å²) in [7, 11) is 1.72. The van der Waals surface area contributed by atoms with Gasteiger partial charge in [0.25, 0.3) is 5.91 Å². The zero-order valence-corrected chi connectivity index (χ0v) is 11.8. The van der Waals surface area contributed by atoms with Crippen LogP contribution < -0.4 is 10.5 Å². The average molecular weight is 268 g/mol. The van der Waals surface area contributed by atoms with Gasteiger partial charge in [-0.25, -0.2) is 4.39 Å². The molecule has 2 N–H and O–H groups in total. The molecule has 0 aliphatic carbocycles. The molecule has 0 aliphatic rings. The molecule has 5 heteroatoms. The molecule has 106 valence electrons. The fourth-order valence-corrected chi connectivity index (χ4v) is 1.54. The second-order valence-electron chi connectivity index (χ2n) is 4.86. The summed E-state index contributed by atoms with van der Waals surface area (Å²) in [4.78, 5) is 13.4. The predicted octanol–water partition coefficient (Wildman–Crippen LogP) is 2.09. The first-order valence-electron chi connectivity index (χ1n) is 6.26. The Labute approximate surface area is 113 Å². The van der Waals surface area contributed by atoms with Gasteiger partial charge in [-0.05, 0) is 39.0 Å². The minimum atomic E-state index is -0.370. The summed E-state index contributed by atoms with van der Waals surface area (Å²) in [5, 5.41) is 0. The lowest BCUT2D eigenvalue weighted by Gasteiger charge is -2.22. The van der Waals surface area contributed by atoms with Crippen LogP contribution in [0.3, 0.4) is 0 Å². The largest absolute Gasteiger partial charge is 0.483 e. The number of halogens is 1. The molecule has 0 bridgehead atoms. The Kier molecular flexibility index (Phi) is 5.30. The Hall–Kier alpha value is -1.62. The maximum Gasteiger partial charge on any atom is 0.260 e. The minimum absolute atomic E-state index is 0.0833. The number of likely N-dealkylation sites (N-methyl/N-ethyl adjacent to an activating group) is 1. The van der Waals surface area contributed by atoms with E-state index in [-0.39, 0.29) is 30.4 Å². The molecule has 1 amide bonds. The summed E-state index contributed by atoms with van der Waals surface area (Å²) in [6, 6.07) is 3.87. The van der Waals surface area contributed by atoms with E-state index < -0.39 is 0 Å². The number of hydrogen-bond donors (Lipinski definition) is 1. The SMILES string of the molecule is CC(C)N(C)C(=O)COc1ccc(F)cc1[C@@H](C)N. The summed E-state index contributed by atoms with van der Waals surface area (Å²) in [5.74, 6) is -0.0536. The molecule has 4 nitrogen and oxygen atoms in total. The second kappa shape index (κ2) is 6.52. The van der Waals surface area contributed by atoms with E-state index in [1.165, 1.54) is 18.2 Å². The van der Waals surface area contributed by atoms with Crippen molar-refractivity contribution in [1.82, 2.24) is 4.90 Å². The van der Waals surface area contributed by atoms with Gasteiger partial charge in [0.15, 0.2) is 6.61 Å². The van der Waals surface area contributed by atoms with Gasteiger partial charge >= 0.3 is 0 Å². The van der Waals surface area contributed by atoms with Crippen LogP contribution in [0, 0.1) is 5.82 Å². The van der Waals surface area contributed by atoms with Crippen molar-refractivity contribution in [2.75, 3.05) is 13.7 Å². The third-order valence-corrected chi connectivity index (χ3v) is 2.98. The molecule has 0 saturated heterocycles. The Balaban J connectivity index is 2.75. The van der Waals surface area contributed by atoms with E-state index >= 15 is 0 Å². The van der Waals surface area contributed by atoms with Crippen LogP contribution >= 0.6 is 0 Å². The zero-order chi connectivity index (χ0) is 14.6. The number of rotatable bonds is 5. The molecule has 1 atom stereocenters. The summed E-state index contributed by atoms with van der Waals surface area (Å²) in [6.45, 7) is 5.50. The Morgan fingerprint density at radius 3 is 2.58 bits per heavy atom. The van der Waals surface area contributed by atoms with Crippen molar-refractivity contribution < 1.29 is 13.9 Å². The summed E-state index contributed by atoms with van der Waals surface area (Å²) < 4.78 is 18.6. The molecule has 0 radical (unpaired) electrons. The molecule has 0 heterocycles. The van der Waals surface area contributed by atoms with E-state index in [0.29, 0.717) is 11.3 Å². The lowest BCUT2D eigenvalue weighted by Crippen LogP contribution is -2.36. The number of carbonyl (C=O) groups excluding carboxylic acids is 1. The smallest absolute Gasteiger partial charge is 0.260 e. The number of amides is 1. The number of ether oxygens (including phenoxy) is 1. The fourth-order valence-electron chi connectivity index (χ4n) is 1.54. The lowest BCUT2D eigenvalue weighted by molar-refractivity contribution is -0.133. The van der Waals surface area contributed by atoms with Gasteiger partial charge in [0.1, 0.15) is 11.6 Å². The standard InChI is InChI=1S/C14H21FN2O2/c1-9(2)17(4)14(18)8-19-13-6-5-11(15)7-12(13)10(3)16/h5-7,9-10H,8,16H2,1-4H3/t10-/m1/s1. The van der Waals surface area contributed by atoms with Gasteiger partial charge in [0.2, 0.25) is 0 Å². The van der Waals surface area contributed by atoms with Crippen LogP contribution in [0.2, 0.25) is 0 Å². The molecular formula is C14H21FN2O2. The third kappa shape index (κ3) is 4.21. The van der Waals surface area contributed by atoms with E-state index in [1.54, 1.807) is 18.9 Å². The van der Waals surface area contributed by atoms with Gasteiger partial charge in [-0.2, -0.15) is 0 Å². The Bertz CT molecular complexity index is 447. The predicted molar refractivity (Wildman–Crippen MR) is 72.4 cm³/mol. The highest BCUT2D eigenvalue weighted by molar-refractivity contribution is 5.77. The number of nitrogens with two attached hydrogens (primary N) is 1. The zero-order valence-electron chi connectivity index (χ0n) is 11.8. The molecule has 0 aromatic heterocycles. The average Bonchev–Trinajstić information content (AvgIpc) is 2.35. The molecule has 1 aromatic rings. The first-order valence-corrected chi connectivity index (χ1v) is 6.26. The molecular weight excluding hydrogens is 247 g/mol. The Morgan fingerprint density at radius 2 is 2.05 bits per heavy atom.